The molecule has 1 aliphatic rings. The van der Waals surface area contributed by atoms with Gasteiger partial charge < -0.3 is 14.6 Å². The summed E-state index contributed by atoms with van der Waals surface area (Å²) < 4.78 is 10.0. The number of hydrogen-bond donors (Lipinski definition) is 1. The summed E-state index contributed by atoms with van der Waals surface area (Å²) in [5, 5.41) is 7.92. The first-order valence-electron chi connectivity index (χ1n) is 7.72. The molecular formula is C16H24N4O. The van der Waals surface area contributed by atoms with Gasteiger partial charge in [0.1, 0.15) is 0 Å². The Morgan fingerprint density at radius 2 is 2.38 bits per heavy atom. The van der Waals surface area contributed by atoms with Crippen LogP contribution in [-0.2, 0) is 24.9 Å². The molecule has 2 aromatic rings. The van der Waals surface area contributed by atoms with Gasteiger partial charge in [0.05, 0.1) is 12.3 Å². The van der Waals surface area contributed by atoms with Crippen LogP contribution in [0.3, 0.4) is 0 Å². The Hall–Kier alpha value is -1.59. The van der Waals surface area contributed by atoms with Crippen molar-refractivity contribution in [3.8, 4) is 0 Å². The molecule has 5 heteroatoms. The van der Waals surface area contributed by atoms with Gasteiger partial charge in [0.2, 0.25) is 0 Å². The van der Waals surface area contributed by atoms with Crippen molar-refractivity contribution < 1.29 is 4.74 Å². The molecule has 0 saturated carbocycles. The largest absolute Gasteiger partial charge is 0.373 e. The second kappa shape index (κ2) is 6.45. The van der Waals surface area contributed by atoms with E-state index in [4.69, 9.17) is 4.74 Å². The van der Waals surface area contributed by atoms with Crippen molar-refractivity contribution in [1.29, 1.82) is 0 Å². The first kappa shape index (κ1) is 14.4. The van der Waals surface area contributed by atoms with Crippen LogP contribution in [0.1, 0.15) is 30.7 Å². The zero-order valence-corrected chi connectivity index (χ0v) is 12.8. The fourth-order valence-corrected chi connectivity index (χ4v) is 2.98. The molecule has 5 nitrogen and oxygen atoms in total. The van der Waals surface area contributed by atoms with Crippen LogP contribution in [0, 0.1) is 5.92 Å². The van der Waals surface area contributed by atoms with Crippen molar-refractivity contribution in [3.05, 3.63) is 42.0 Å². The molecule has 0 aliphatic carbocycles. The van der Waals surface area contributed by atoms with Gasteiger partial charge in [-0.25, -0.2) is 0 Å². The second-order valence-electron chi connectivity index (χ2n) is 5.71. The van der Waals surface area contributed by atoms with Crippen LogP contribution < -0.4 is 5.32 Å². The van der Waals surface area contributed by atoms with E-state index >= 15 is 0 Å². The molecule has 0 unspecified atom stereocenters. The fourth-order valence-electron chi connectivity index (χ4n) is 2.98. The average Bonchev–Trinajstić information content (AvgIpc) is 3.20. The van der Waals surface area contributed by atoms with Gasteiger partial charge >= 0.3 is 0 Å². The van der Waals surface area contributed by atoms with Crippen molar-refractivity contribution in [1.82, 2.24) is 19.7 Å². The first-order valence-corrected chi connectivity index (χ1v) is 7.72. The van der Waals surface area contributed by atoms with Crippen molar-refractivity contribution in [2.24, 2.45) is 13.0 Å². The van der Waals surface area contributed by atoms with Crippen LogP contribution >= 0.6 is 0 Å². The van der Waals surface area contributed by atoms with E-state index in [9.17, 15) is 0 Å². The normalized spacial score (nSPS) is 22.0. The van der Waals surface area contributed by atoms with Gasteiger partial charge in [-0.3, -0.25) is 4.68 Å². The smallest absolute Gasteiger partial charge is 0.0896 e. The fraction of sp³-hybridized carbons (Fsp3) is 0.562. The summed E-state index contributed by atoms with van der Waals surface area (Å²) in [7, 11) is 2.08. The molecular weight excluding hydrogens is 264 g/mol. The lowest BCUT2D eigenvalue weighted by molar-refractivity contribution is 0.0903. The predicted molar refractivity (Wildman–Crippen MR) is 81.8 cm³/mol. The maximum absolute atomic E-state index is 5.92. The van der Waals surface area contributed by atoms with E-state index in [1.807, 2.05) is 10.9 Å². The minimum atomic E-state index is 0.186. The van der Waals surface area contributed by atoms with Crippen molar-refractivity contribution in [2.75, 3.05) is 13.2 Å². The molecule has 0 bridgehead atoms. The lowest BCUT2D eigenvalue weighted by Crippen LogP contribution is -2.25. The van der Waals surface area contributed by atoms with E-state index in [1.54, 1.807) is 0 Å². The third-order valence-electron chi connectivity index (χ3n) is 4.28. The molecule has 2 atom stereocenters. The molecule has 3 rings (SSSR count). The summed E-state index contributed by atoms with van der Waals surface area (Å²) in [6.07, 6.45) is 7.44. The molecule has 2 aromatic heterocycles. The van der Waals surface area contributed by atoms with Crippen molar-refractivity contribution >= 4 is 0 Å². The van der Waals surface area contributed by atoms with Crippen LogP contribution in [0.25, 0.3) is 0 Å². The van der Waals surface area contributed by atoms with Gasteiger partial charge in [0.15, 0.2) is 0 Å². The van der Waals surface area contributed by atoms with Crippen LogP contribution in [0.4, 0.5) is 0 Å². The molecule has 1 aliphatic heterocycles. The number of aromatic nitrogens is 3. The minimum Gasteiger partial charge on any atom is -0.373 e. The van der Waals surface area contributed by atoms with E-state index in [-0.39, 0.29) is 6.10 Å². The van der Waals surface area contributed by atoms with E-state index in [0.717, 1.165) is 32.7 Å². The lowest BCUT2D eigenvalue weighted by atomic mass is 9.97. The van der Waals surface area contributed by atoms with Gasteiger partial charge in [0.25, 0.3) is 0 Å². The highest BCUT2D eigenvalue weighted by Gasteiger charge is 2.30. The third-order valence-corrected chi connectivity index (χ3v) is 4.28. The maximum atomic E-state index is 5.92. The van der Waals surface area contributed by atoms with Crippen LogP contribution in [-0.4, -0.2) is 27.5 Å². The summed E-state index contributed by atoms with van der Waals surface area (Å²) in [6, 6.07) is 4.23. The van der Waals surface area contributed by atoms with E-state index in [0.29, 0.717) is 5.92 Å². The van der Waals surface area contributed by atoms with Crippen molar-refractivity contribution in [2.45, 2.75) is 32.5 Å². The summed E-state index contributed by atoms with van der Waals surface area (Å²) in [6.45, 7) is 5.74. The number of aryl methyl sites for hydroxylation is 2. The SMILES string of the molecule is CCn1cc([C@@H]2OCC[C@@H]2CNCc2cccn2C)cn1. The standard InChI is InChI=1S/C16H24N4O/c1-3-20-12-14(10-18-20)16-13(6-8-21-16)9-17-11-15-5-4-7-19(15)2/h4-5,7,10,12-13,16-17H,3,6,8-9,11H2,1-2H3/t13-,16-/m1/s1. The van der Waals surface area contributed by atoms with E-state index < -0.39 is 0 Å². The van der Waals surface area contributed by atoms with E-state index in [1.165, 1.54) is 11.3 Å². The zero-order valence-electron chi connectivity index (χ0n) is 12.8. The molecule has 1 fully saturated rings. The van der Waals surface area contributed by atoms with Gasteiger partial charge in [-0.15, -0.1) is 0 Å². The summed E-state index contributed by atoms with van der Waals surface area (Å²) >= 11 is 0. The van der Waals surface area contributed by atoms with Crippen molar-refractivity contribution in [3.63, 3.8) is 0 Å². The van der Waals surface area contributed by atoms with Crippen LogP contribution in [0.2, 0.25) is 0 Å². The molecule has 0 spiro atoms. The van der Waals surface area contributed by atoms with Gasteiger partial charge in [-0.05, 0) is 25.5 Å². The highest BCUT2D eigenvalue weighted by Crippen LogP contribution is 2.33. The monoisotopic (exact) mass is 288 g/mol. The topological polar surface area (TPSA) is 44.0 Å². The molecule has 1 saturated heterocycles. The highest BCUT2D eigenvalue weighted by molar-refractivity contribution is 5.11. The third kappa shape index (κ3) is 3.19. The Kier molecular flexibility index (Phi) is 4.41. The molecule has 0 radical (unpaired) electrons. The summed E-state index contributed by atoms with van der Waals surface area (Å²) in [4.78, 5) is 0. The first-order chi connectivity index (χ1) is 10.3. The quantitative estimate of drug-likeness (QED) is 0.885. The Labute approximate surface area is 125 Å². The molecule has 3 heterocycles. The van der Waals surface area contributed by atoms with Gasteiger partial charge in [-0.1, -0.05) is 0 Å². The predicted octanol–water partition coefficient (Wildman–Crippen LogP) is 2.11. The molecule has 21 heavy (non-hydrogen) atoms. The number of rotatable bonds is 6. The van der Waals surface area contributed by atoms with Gasteiger partial charge in [-0.2, -0.15) is 5.10 Å². The van der Waals surface area contributed by atoms with Crippen LogP contribution in [0.5, 0.6) is 0 Å². The second-order valence-corrected chi connectivity index (χ2v) is 5.71. The molecule has 114 valence electrons. The Bertz CT molecular complexity index is 574. The Morgan fingerprint density at radius 1 is 1.48 bits per heavy atom. The summed E-state index contributed by atoms with van der Waals surface area (Å²) in [5.74, 6) is 0.528. The molecule has 1 N–H and O–H groups in total. The van der Waals surface area contributed by atoms with Crippen LogP contribution in [0.15, 0.2) is 30.7 Å². The zero-order chi connectivity index (χ0) is 14.7. The number of nitrogens with zero attached hydrogens (tertiary/aromatic N) is 3. The molecule has 0 aromatic carbocycles. The number of ether oxygens (including phenoxy) is 1. The van der Waals surface area contributed by atoms with E-state index in [2.05, 4.69) is 53.5 Å². The maximum Gasteiger partial charge on any atom is 0.0896 e. The molecule has 0 amide bonds. The average molecular weight is 288 g/mol. The highest BCUT2D eigenvalue weighted by atomic mass is 16.5. The lowest BCUT2D eigenvalue weighted by Gasteiger charge is -2.18. The number of hydrogen-bond acceptors (Lipinski definition) is 3. The number of nitrogens with one attached hydrogen (secondary N) is 1. The van der Waals surface area contributed by atoms with Gasteiger partial charge in [0, 0.05) is 62.9 Å². The minimum absolute atomic E-state index is 0.186. The Balaban J connectivity index is 1.55. The summed E-state index contributed by atoms with van der Waals surface area (Å²) in [5.41, 5.74) is 2.52. The Morgan fingerprint density at radius 3 is 3.10 bits per heavy atom.